The molecule has 2 N–H and O–H groups in total. The van der Waals surface area contributed by atoms with Crippen LogP contribution in [0.5, 0.6) is 0 Å². The summed E-state index contributed by atoms with van der Waals surface area (Å²) in [5, 5.41) is 6.53. The monoisotopic (exact) mass is 491 g/mol. The fraction of sp³-hybridized carbons (Fsp3) is 0.579. The molecule has 1 aliphatic rings. The number of hydrogen-bond acceptors (Lipinski definition) is 3. The average molecular weight is 491 g/mol. The second-order valence-electron chi connectivity index (χ2n) is 6.42. The fourth-order valence-corrected chi connectivity index (χ4v) is 2.95. The van der Waals surface area contributed by atoms with Crippen molar-refractivity contribution < 1.29 is 9.18 Å². The minimum atomic E-state index is -0.201. The maximum Gasteiger partial charge on any atom is 0.219 e. The molecule has 0 radical (unpaired) electrons. The molecule has 1 aromatic rings. The van der Waals surface area contributed by atoms with Crippen LogP contribution in [0.15, 0.2) is 29.3 Å². The van der Waals surface area contributed by atoms with Gasteiger partial charge in [0.15, 0.2) is 5.96 Å². The first-order chi connectivity index (χ1) is 12.6. The lowest BCUT2D eigenvalue weighted by atomic mass is 10.1. The number of piperazine rings is 1. The van der Waals surface area contributed by atoms with Gasteiger partial charge in [0.2, 0.25) is 5.91 Å². The summed E-state index contributed by atoms with van der Waals surface area (Å²) < 4.78 is 13.2. The number of nitrogens with zero attached hydrogens (tertiary/aromatic N) is 3. The Balaban J connectivity index is 0.00000364. The van der Waals surface area contributed by atoms with Crippen LogP contribution in [0, 0.1) is 5.82 Å². The summed E-state index contributed by atoms with van der Waals surface area (Å²) in [6.45, 7) is 10.1. The van der Waals surface area contributed by atoms with Crippen molar-refractivity contribution in [3.8, 4) is 0 Å². The SMILES string of the molecule is CCNC(=NCCN1CCN(C(C)=O)CC1)NCCc1cccc(F)c1.I. The molecule has 0 saturated carbocycles. The molecule has 1 aliphatic heterocycles. The summed E-state index contributed by atoms with van der Waals surface area (Å²) in [6, 6.07) is 6.68. The second kappa shape index (κ2) is 12.9. The number of guanidine groups is 1. The van der Waals surface area contributed by atoms with Gasteiger partial charge in [-0.25, -0.2) is 4.39 Å². The molecule has 1 fully saturated rings. The highest BCUT2D eigenvalue weighted by Gasteiger charge is 2.17. The number of aliphatic imine (C=N–C) groups is 1. The highest BCUT2D eigenvalue weighted by atomic mass is 127. The van der Waals surface area contributed by atoms with E-state index in [4.69, 9.17) is 0 Å². The van der Waals surface area contributed by atoms with Gasteiger partial charge in [-0.2, -0.15) is 0 Å². The predicted octanol–water partition coefficient (Wildman–Crippen LogP) is 1.71. The van der Waals surface area contributed by atoms with Crippen LogP contribution in [0.3, 0.4) is 0 Å². The molecule has 0 unspecified atom stereocenters. The van der Waals surface area contributed by atoms with Crippen molar-refractivity contribution >= 4 is 35.8 Å². The van der Waals surface area contributed by atoms with Crippen molar-refractivity contribution in [2.75, 3.05) is 52.4 Å². The third-order valence-electron chi connectivity index (χ3n) is 4.44. The van der Waals surface area contributed by atoms with E-state index in [1.54, 1.807) is 19.1 Å². The van der Waals surface area contributed by atoms with Crippen molar-refractivity contribution in [1.29, 1.82) is 0 Å². The minimum absolute atomic E-state index is 0. The Morgan fingerprint density at radius 2 is 1.96 bits per heavy atom. The van der Waals surface area contributed by atoms with Crippen LogP contribution in [-0.4, -0.2) is 74.0 Å². The third kappa shape index (κ3) is 8.87. The van der Waals surface area contributed by atoms with Crippen LogP contribution in [-0.2, 0) is 11.2 Å². The normalized spacial score (nSPS) is 15.2. The maximum absolute atomic E-state index is 13.2. The Kier molecular flexibility index (Phi) is 11.3. The van der Waals surface area contributed by atoms with Crippen molar-refractivity contribution in [3.63, 3.8) is 0 Å². The summed E-state index contributed by atoms with van der Waals surface area (Å²) in [5.41, 5.74) is 0.969. The lowest BCUT2D eigenvalue weighted by molar-refractivity contribution is -0.130. The Morgan fingerprint density at radius 1 is 1.22 bits per heavy atom. The summed E-state index contributed by atoms with van der Waals surface area (Å²) in [4.78, 5) is 20.2. The second-order valence-corrected chi connectivity index (χ2v) is 6.42. The lowest BCUT2D eigenvalue weighted by Crippen LogP contribution is -2.48. The van der Waals surface area contributed by atoms with Crippen molar-refractivity contribution in [1.82, 2.24) is 20.4 Å². The van der Waals surface area contributed by atoms with E-state index in [9.17, 15) is 9.18 Å². The zero-order valence-electron chi connectivity index (χ0n) is 16.2. The number of carbonyl (C=O) groups is 1. The molecule has 8 heteroatoms. The van der Waals surface area contributed by atoms with Gasteiger partial charge in [-0.15, -0.1) is 24.0 Å². The smallest absolute Gasteiger partial charge is 0.219 e. The first kappa shape index (κ1) is 23.6. The number of carbonyl (C=O) groups excluding carboxylic acids is 1. The quantitative estimate of drug-likeness (QED) is 0.347. The van der Waals surface area contributed by atoms with E-state index in [-0.39, 0.29) is 35.7 Å². The molecule has 152 valence electrons. The van der Waals surface area contributed by atoms with Gasteiger partial charge < -0.3 is 15.5 Å². The van der Waals surface area contributed by atoms with Crippen molar-refractivity contribution in [2.24, 2.45) is 4.99 Å². The van der Waals surface area contributed by atoms with Crippen LogP contribution in [0.2, 0.25) is 0 Å². The van der Waals surface area contributed by atoms with E-state index >= 15 is 0 Å². The zero-order valence-corrected chi connectivity index (χ0v) is 18.5. The summed E-state index contributed by atoms with van der Waals surface area (Å²) in [5.74, 6) is 0.735. The van der Waals surface area contributed by atoms with E-state index in [1.165, 1.54) is 6.07 Å². The number of nitrogens with one attached hydrogen (secondary N) is 2. The van der Waals surface area contributed by atoms with Gasteiger partial charge in [-0.3, -0.25) is 14.7 Å². The molecule has 27 heavy (non-hydrogen) atoms. The molecule has 1 amide bonds. The molecule has 0 aliphatic carbocycles. The Morgan fingerprint density at radius 3 is 2.59 bits per heavy atom. The van der Waals surface area contributed by atoms with Gasteiger partial charge in [0.1, 0.15) is 5.82 Å². The highest BCUT2D eigenvalue weighted by Crippen LogP contribution is 2.03. The summed E-state index contributed by atoms with van der Waals surface area (Å²) >= 11 is 0. The molecule has 0 spiro atoms. The first-order valence-electron chi connectivity index (χ1n) is 9.33. The van der Waals surface area contributed by atoms with E-state index in [0.717, 1.165) is 57.2 Å². The Hall–Kier alpha value is -1.42. The van der Waals surface area contributed by atoms with Crippen molar-refractivity contribution in [2.45, 2.75) is 20.3 Å². The third-order valence-corrected chi connectivity index (χ3v) is 4.44. The first-order valence-corrected chi connectivity index (χ1v) is 9.33. The number of amides is 1. The molecule has 0 aromatic heterocycles. The van der Waals surface area contributed by atoms with E-state index in [0.29, 0.717) is 13.1 Å². The highest BCUT2D eigenvalue weighted by molar-refractivity contribution is 14.0. The fourth-order valence-electron chi connectivity index (χ4n) is 2.95. The Bertz CT molecular complexity index is 606. The summed E-state index contributed by atoms with van der Waals surface area (Å²) in [7, 11) is 0. The standard InChI is InChI=1S/C19H30FN5O.HI/c1-3-21-19(22-8-7-17-5-4-6-18(20)15-17)23-9-10-24-11-13-25(14-12-24)16(2)26;/h4-6,15H,3,7-14H2,1-2H3,(H2,21,22,23);1H. The van der Waals surface area contributed by atoms with Gasteiger partial charge in [-0.1, -0.05) is 12.1 Å². The topological polar surface area (TPSA) is 60.0 Å². The number of hydrogen-bond donors (Lipinski definition) is 2. The largest absolute Gasteiger partial charge is 0.357 e. The van der Waals surface area contributed by atoms with Gasteiger partial charge >= 0.3 is 0 Å². The van der Waals surface area contributed by atoms with Crippen molar-refractivity contribution in [3.05, 3.63) is 35.6 Å². The number of benzene rings is 1. The molecular formula is C19H31FIN5O. The molecule has 1 saturated heterocycles. The lowest BCUT2D eigenvalue weighted by Gasteiger charge is -2.33. The zero-order chi connectivity index (χ0) is 18.8. The van der Waals surface area contributed by atoms with Gasteiger partial charge in [-0.05, 0) is 31.0 Å². The number of rotatable bonds is 7. The van der Waals surface area contributed by atoms with E-state index < -0.39 is 0 Å². The van der Waals surface area contributed by atoms with Gasteiger partial charge in [0.25, 0.3) is 0 Å². The van der Waals surface area contributed by atoms with Crippen LogP contribution in [0.4, 0.5) is 4.39 Å². The average Bonchev–Trinajstić information content (AvgIpc) is 2.62. The Labute approximate surface area is 178 Å². The van der Waals surface area contributed by atoms with E-state index in [2.05, 4.69) is 20.5 Å². The van der Waals surface area contributed by atoms with E-state index in [1.807, 2.05) is 17.9 Å². The molecule has 2 rings (SSSR count). The molecule has 0 bridgehead atoms. The molecular weight excluding hydrogens is 460 g/mol. The van der Waals surface area contributed by atoms with Gasteiger partial charge in [0.05, 0.1) is 6.54 Å². The number of halogens is 2. The minimum Gasteiger partial charge on any atom is -0.357 e. The van der Waals surface area contributed by atoms with Crippen LogP contribution in [0.25, 0.3) is 0 Å². The van der Waals surface area contributed by atoms with Crippen LogP contribution >= 0.6 is 24.0 Å². The molecule has 6 nitrogen and oxygen atoms in total. The van der Waals surface area contributed by atoms with Crippen LogP contribution < -0.4 is 10.6 Å². The molecule has 1 heterocycles. The maximum atomic E-state index is 13.2. The molecule has 1 aromatic carbocycles. The summed E-state index contributed by atoms with van der Waals surface area (Å²) in [6.07, 6.45) is 0.745. The van der Waals surface area contributed by atoms with Crippen LogP contribution in [0.1, 0.15) is 19.4 Å². The predicted molar refractivity (Wildman–Crippen MR) is 118 cm³/mol. The van der Waals surface area contributed by atoms with Gasteiger partial charge in [0, 0.05) is 52.7 Å². The molecule has 0 atom stereocenters.